The summed E-state index contributed by atoms with van der Waals surface area (Å²) in [5, 5.41) is 11.9. The first-order valence-corrected chi connectivity index (χ1v) is 4.47. The zero-order chi connectivity index (χ0) is 11.8. The van der Waals surface area contributed by atoms with E-state index in [9.17, 15) is 4.39 Å². The summed E-state index contributed by atoms with van der Waals surface area (Å²) in [7, 11) is 0. The molecule has 4 nitrogen and oxygen atoms in total. The standard InChI is InChI=1S/C11H7FN4/c12-11-5-4-9(7-10(11)8-13)3-1-2-6-15-16-14/h4-5,7H,2,6H2. The largest absolute Gasteiger partial charge is 0.206 e. The molecule has 0 aromatic heterocycles. The Morgan fingerprint density at radius 3 is 3.00 bits per heavy atom. The lowest BCUT2D eigenvalue weighted by molar-refractivity contribution is 0.624. The Kier molecular flexibility index (Phi) is 4.40. The van der Waals surface area contributed by atoms with Gasteiger partial charge >= 0.3 is 0 Å². The van der Waals surface area contributed by atoms with Gasteiger partial charge in [-0.3, -0.25) is 0 Å². The second kappa shape index (κ2) is 6.08. The summed E-state index contributed by atoms with van der Waals surface area (Å²) in [6.45, 7) is 0.301. The van der Waals surface area contributed by atoms with E-state index in [1.807, 2.05) is 0 Å². The first-order chi connectivity index (χ1) is 7.77. The molecule has 1 rings (SSSR count). The molecule has 0 spiro atoms. The van der Waals surface area contributed by atoms with Gasteiger partial charge in [0, 0.05) is 23.4 Å². The van der Waals surface area contributed by atoms with Crippen LogP contribution in [0.3, 0.4) is 0 Å². The van der Waals surface area contributed by atoms with Crippen molar-refractivity contribution in [2.45, 2.75) is 6.42 Å². The molecule has 0 radical (unpaired) electrons. The number of benzene rings is 1. The van der Waals surface area contributed by atoms with E-state index in [1.54, 1.807) is 6.07 Å². The van der Waals surface area contributed by atoms with Crippen LogP contribution in [0, 0.1) is 29.0 Å². The summed E-state index contributed by atoms with van der Waals surface area (Å²) in [6.07, 6.45) is 0.434. The van der Waals surface area contributed by atoms with E-state index in [0.717, 1.165) is 0 Å². The fraction of sp³-hybridized carbons (Fsp3) is 0.182. The normalized spacial score (nSPS) is 8.25. The van der Waals surface area contributed by atoms with Crippen LogP contribution in [0.25, 0.3) is 10.4 Å². The van der Waals surface area contributed by atoms with Gasteiger partial charge in [-0.15, -0.1) is 0 Å². The number of hydrogen-bond acceptors (Lipinski definition) is 2. The first kappa shape index (κ1) is 11.6. The Morgan fingerprint density at radius 2 is 2.31 bits per heavy atom. The number of nitrogens with zero attached hydrogens (tertiary/aromatic N) is 4. The molecule has 0 atom stereocenters. The highest BCUT2D eigenvalue weighted by Crippen LogP contribution is 2.08. The maximum Gasteiger partial charge on any atom is 0.141 e. The summed E-state index contributed by atoms with van der Waals surface area (Å²) in [5.74, 6) is 4.96. The van der Waals surface area contributed by atoms with E-state index in [0.29, 0.717) is 18.5 Å². The van der Waals surface area contributed by atoms with Gasteiger partial charge in [-0.05, 0) is 23.7 Å². The molecule has 16 heavy (non-hydrogen) atoms. The van der Waals surface area contributed by atoms with E-state index in [2.05, 4.69) is 21.9 Å². The molecule has 1 aromatic carbocycles. The third-order valence-electron chi connectivity index (χ3n) is 1.72. The lowest BCUT2D eigenvalue weighted by atomic mass is 10.1. The second-order valence-electron chi connectivity index (χ2n) is 2.81. The van der Waals surface area contributed by atoms with Gasteiger partial charge < -0.3 is 0 Å². The average molecular weight is 214 g/mol. The highest BCUT2D eigenvalue weighted by molar-refractivity contribution is 5.42. The molecule has 5 heteroatoms. The van der Waals surface area contributed by atoms with Gasteiger partial charge in [0.2, 0.25) is 0 Å². The van der Waals surface area contributed by atoms with E-state index in [-0.39, 0.29) is 5.56 Å². The fourth-order valence-electron chi connectivity index (χ4n) is 1.00. The van der Waals surface area contributed by atoms with Gasteiger partial charge in [0.25, 0.3) is 0 Å². The van der Waals surface area contributed by atoms with Crippen molar-refractivity contribution in [3.8, 4) is 17.9 Å². The van der Waals surface area contributed by atoms with Crippen LogP contribution in [0.1, 0.15) is 17.5 Å². The number of halogens is 1. The summed E-state index contributed by atoms with van der Waals surface area (Å²) < 4.78 is 12.9. The van der Waals surface area contributed by atoms with Crippen molar-refractivity contribution in [3.63, 3.8) is 0 Å². The van der Waals surface area contributed by atoms with Crippen molar-refractivity contribution in [2.75, 3.05) is 6.54 Å². The Labute approximate surface area is 91.9 Å². The number of rotatable bonds is 2. The lowest BCUT2D eigenvalue weighted by Crippen LogP contribution is -1.85. The van der Waals surface area contributed by atoms with Gasteiger partial charge in [0.05, 0.1) is 5.56 Å². The summed E-state index contributed by atoms with van der Waals surface area (Å²) >= 11 is 0. The fourth-order valence-corrected chi connectivity index (χ4v) is 1.00. The zero-order valence-electron chi connectivity index (χ0n) is 8.31. The predicted octanol–water partition coefficient (Wildman–Crippen LogP) is 2.75. The number of nitriles is 1. The molecule has 1 aromatic rings. The highest BCUT2D eigenvalue weighted by atomic mass is 19.1. The summed E-state index contributed by atoms with van der Waals surface area (Å²) in [4.78, 5) is 2.58. The molecule has 0 heterocycles. The topological polar surface area (TPSA) is 72.5 Å². The predicted molar refractivity (Wildman–Crippen MR) is 56.6 cm³/mol. The molecule has 0 saturated heterocycles. The third-order valence-corrected chi connectivity index (χ3v) is 1.72. The minimum absolute atomic E-state index is 0.0261. The number of hydrogen-bond donors (Lipinski definition) is 0. The molecule has 0 aliphatic carbocycles. The van der Waals surface area contributed by atoms with Crippen molar-refractivity contribution in [2.24, 2.45) is 5.11 Å². The monoisotopic (exact) mass is 214 g/mol. The van der Waals surface area contributed by atoms with Gasteiger partial charge in [-0.25, -0.2) is 4.39 Å². The van der Waals surface area contributed by atoms with E-state index in [4.69, 9.17) is 10.8 Å². The Hall–Kier alpha value is -2.49. The molecule has 0 saturated carbocycles. The minimum Gasteiger partial charge on any atom is -0.206 e. The van der Waals surface area contributed by atoms with E-state index < -0.39 is 5.82 Å². The van der Waals surface area contributed by atoms with Crippen molar-refractivity contribution in [1.29, 1.82) is 5.26 Å². The van der Waals surface area contributed by atoms with Gasteiger partial charge in [-0.1, -0.05) is 17.0 Å². The SMILES string of the molecule is N#Cc1cc(C#CCCN=[N+]=[N-])ccc1F. The van der Waals surface area contributed by atoms with Crippen LogP contribution in [0.2, 0.25) is 0 Å². The average Bonchev–Trinajstić information content (AvgIpc) is 2.31. The highest BCUT2D eigenvalue weighted by Gasteiger charge is 2.00. The van der Waals surface area contributed by atoms with Gasteiger partial charge in [0.15, 0.2) is 0 Å². The molecule has 0 N–H and O–H groups in total. The summed E-state index contributed by atoms with van der Waals surface area (Å²) in [6, 6.07) is 5.82. The molecular weight excluding hydrogens is 207 g/mol. The molecule has 0 amide bonds. The van der Waals surface area contributed by atoms with Crippen LogP contribution in [0.15, 0.2) is 23.3 Å². The molecular formula is C11H7FN4. The van der Waals surface area contributed by atoms with Crippen molar-refractivity contribution in [1.82, 2.24) is 0 Å². The Balaban J connectivity index is 2.75. The van der Waals surface area contributed by atoms with E-state index in [1.165, 1.54) is 18.2 Å². The van der Waals surface area contributed by atoms with Crippen LogP contribution in [-0.4, -0.2) is 6.54 Å². The van der Waals surface area contributed by atoms with Crippen LogP contribution >= 0.6 is 0 Å². The van der Waals surface area contributed by atoms with Gasteiger partial charge in [0.1, 0.15) is 11.9 Å². The van der Waals surface area contributed by atoms with Crippen molar-refractivity contribution in [3.05, 3.63) is 45.6 Å². The quantitative estimate of drug-likeness (QED) is 0.245. The molecule has 0 bridgehead atoms. The Bertz CT molecular complexity index is 527. The third kappa shape index (κ3) is 3.34. The molecule has 0 aliphatic heterocycles. The van der Waals surface area contributed by atoms with Crippen LogP contribution < -0.4 is 0 Å². The zero-order valence-corrected chi connectivity index (χ0v) is 8.31. The minimum atomic E-state index is -0.554. The van der Waals surface area contributed by atoms with E-state index >= 15 is 0 Å². The van der Waals surface area contributed by atoms with Crippen LogP contribution in [0.4, 0.5) is 4.39 Å². The van der Waals surface area contributed by atoms with Crippen LogP contribution in [0.5, 0.6) is 0 Å². The summed E-state index contributed by atoms with van der Waals surface area (Å²) in [5.41, 5.74) is 8.56. The van der Waals surface area contributed by atoms with Crippen molar-refractivity contribution >= 4 is 0 Å². The molecule has 0 fully saturated rings. The smallest absolute Gasteiger partial charge is 0.141 e. The molecule has 78 valence electrons. The van der Waals surface area contributed by atoms with Crippen LogP contribution in [-0.2, 0) is 0 Å². The first-order valence-electron chi connectivity index (χ1n) is 4.47. The lowest BCUT2D eigenvalue weighted by Gasteiger charge is -1.93. The second-order valence-corrected chi connectivity index (χ2v) is 2.81. The Morgan fingerprint density at radius 1 is 1.50 bits per heavy atom. The molecule has 0 aliphatic rings. The maximum absolute atomic E-state index is 12.9. The molecule has 0 unspecified atom stereocenters. The van der Waals surface area contributed by atoms with Crippen molar-refractivity contribution < 1.29 is 4.39 Å². The van der Waals surface area contributed by atoms with Gasteiger partial charge in [-0.2, -0.15) is 5.26 Å². The maximum atomic E-state index is 12.9. The number of azide groups is 1.